The van der Waals surface area contributed by atoms with Gasteiger partial charge in [-0.05, 0) is 61.7 Å². The van der Waals surface area contributed by atoms with Gasteiger partial charge >= 0.3 is 0 Å². The molecule has 0 atom stereocenters. The molecule has 3 aromatic rings. The first-order chi connectivity index (χ1) is 19.5. The summed E-state index contributed by atoms with van der Waals surface area (Å²) in [4.78, 5) is 29.8. The minimum Gasteiger partial charge on any atom is -0.490 e. The summed E-state index contributed by atoms with van der Waals surface area (Å²) < 4.78 is 6.07. The Morgan fingerprint density at radius 1 is 0.900 bits per heavy atom. The van der Waals surface area contributed by atoms with Gasteiger partial charge in [0.05, 0.1) is 11.6 Å². The molecular weight excluding hydrogens is 504 g/mol. The van der Waals surface area contributed by atoms with Crippen LogP contribution in [-0.4, -0.2) is 70.1 Å². The number of nitrogens with zero attached hydrogens (tertiary/aromatic N) is 5. The second-order valence-electron chi connectivity index (χ2n) is 10.6. The van der Waals surface area contributed by atoms with Crippen LogP contribution in [0.5, 0.6) is 5.75 Å². The van der Waals surface area contributed by atoms with E-state index < -0.39 is 0 Å². The van der Waals surface area contributed by atoms with Crippen molar-refractivity contribution < 1.29 is 14.3 Å². The molecular formula is C31H34N6O3. The highest BCUT2D eigenvalue weighted by Crippen LogP contribution is 2.21. The van der Waals surface area contributed by atoms with Gasteiger partial charge in [0.25, 0.3) is 11.8 Å². The molecule has 2 aliphatic rings. The second-order valence-corrected chi connectivity index (χ2v) is 10.6. The molecule has 2 fully saturated rings. The minimum absolute atomic E-state index is 0.0660. The maximum Gasteiger partial charge on any atom is 0.274 e. The van der Waals surface area contributed by atoms with Crippen molar-refractivity contribution in [2.45, 2.75) is 51.3 Å². The Hall–Kier alpha value is -4.29. The highest BCUT2D eigenvalue weighted by Gasteiger charge is 2.26. The number of aromatic nitrogens is 2. The van der Waals surface area contributed by atoms with Crippen LogP contribution in [0.25, 0.3) is 0 Å². The zero-order chi connectivity index (χ0) is 27.9. The topological polar surface area (TPSA) is 111 Å². The molecule has 0 radical (unpaired) electrons. The molecule has 40 heavy (non-hydrogen) atoms. The summed E-state index contributed by atoms with van der Waals surface area (Å²) >= 11 is 0. The Bertz CT molecular complexity index is 1340. The zero-order valence-corrected chi connectivity index (χ0v) is 22.8. The number of benzene rings is 2. The molecule has 3 heterocycles. The Morgan fingerprint density at radius 2 is 1.55 bits per heavy atom. The Labute approximate surface area is 234 Å². The number of piperidine rings is 2. The van der Waals surface area contributed by atoms with Crippen LogP contribution in [0.4, 0.5) is 0 Å². The predicted octanol–water partition coefficient (Wildman–Crippen LogP) is 3.73. The number of nitriles is 1. The fraction of sp³-hybridized carbons (Fsp3) is 0.387. The van der Waals surface area contributed by atoms with Gasteiger partial charge in [-0.1, -0.05) is 29.8 Å². The number of likely N-dealkylation sites (tertiary alicyclic amines) is 2. The zero-order valence-electron chi connectivity index (χ0n) is 22.8. The molecule has 0 spiro atoms. The fourth-order valence-electron chi connectivity index (χ4n) is 5.15. The molecule has 2 aliphatic heterocycles. The van der Waals surface area contributed by atoms with Crippen LogP contribution >= 0.6 is 0 Å². The van der Waals surface area contributed by atoms with E-state index in [9.17, 15) is 9.59 Å². The molecule has 0 unspecified atom stereocenters. The quantitative estimate of drug-likeness (QED) is 0.488. The Morgan fingerprint density at radius 3 is 2.17 bits per heavy atom. The maximum atomic E-state index is 13.0. The summed E-state index contributed by atoms with van der Waals surface area (Å²) in [6.07, 6.45) is 3.26. The lowest BCUT2D eigenvalue weighted by Gasteiger charge is -2.32. The first-order valence-electron chi connectivity index (χ1n) is 13.9. The van der Waals surface area contributed by atoms with E-state index in [1.807, 2.05) is 55.5 Å². The fourth-order valence-corrected chi connectivity index (χ4v) is 5.15. The number of ether oxygens (including phenoxy) is 1. The lowest BCUT2D eigenvalue weighted by atomic mass is 10.0. The average Bonchev–Trinajstić information content (AvgIpc) is 3.00. The number of rotatable bonds is 7. The molecule has 9 heteroatoms. The van der Waals surface area contributed by atoms with Crippen molar-refractivity contribution in [1.29, 1.82) is 5.26 Å². The largest absolute Gasteiger partial charge is 0.490 e. The summed E-state index contributed by atoms with van der Waals surface area (Å²) in [7, 11) is 0. The summed E-state index contributed by atoms with van der Waals surface area (Å²) in [6, 6.07) is 21.0. The van der Waals surface area contributed by atoms with Crippen LogP contribution in [0.1, 0.15) is 63.4 Å². The lowest BCUT2D eigenvalue weighted by molar-refractivity contribution is 0.0588. The van der Waals surface area contributed by atoms with E-state index in [0.717, 1.165) is 51.1 Å². The van der Waals surface area contributed by atoms with Gasteiger partial charge < -0.3 is 15.0 Å². The molecule has 0 aliphatic carbocycles. The number of nitrogens with one attached hydrogen (secondary N) is 1. The van der Waals surface area contributed by atoms with Crippen molar-refractivity contribution >= 4 is 11.8 Å². The van der Waals surface area contributed by atoms with E-state index in [0.29, 0.717) is 18.7 Å². The SMILES string of the molecule is Cc1ccc(OC2CCN(C(=O)c3ccc(C(=O)NC4CCN(Cc5ccc(C#N)cc5)CC4)nn3)CC2)cc1. The van der Waals surface area contributed by atoms with E-state index in [4.69, 9.17) is 10.00 Å². The molecule has 5 rings (SSSR count). The number of hydrogen-bond acceptors (Lipinski definition) is 7. The van der Waals surface area contributed by atoms with Gasteiger partial charge in [-0.3, -0.25) is 14.5 Å². The van der Waals surface area contributed by atoms with Gasteiger partial charge in [0.2, 0.25) is 0 Å². The van der Waals surface area contributed by atoms with Gasteiger partial charge in [-0.15, -0.1) is 10.2 Å². The summed E-state index contributed by atoms with van der Waals surface area (Å²) in [5.41, 5.74) is 3.48. The number of amides is 2. The van der Waals surface area contributed by atoms with Gasteiger partial charge in [0, 0.05) is 51.6 Å². The smallest absolute Gasteiger partial charge is 0.274 e. The number of hydrogen-bond donors (Lipinski definition) is 1. The van der Waals surface area contributed by atoms with Gasteiger partial charge in [0.15, 0.2) is 11.4 Å². The first-order valence-corrected chi connectivity index (χ1v) is 13.9. The maximum absolute atomic E-state index is 13.0. The number of carbonyl (C=O) groups excluding carboxylic acids is 2. The minimum atomic E-state index is -0.272. The average molecular weight is 539 g/mol. The molecule has 1 N–H and O–H groups in total. The number of aryl methyl sites for hydroxylation is 1. The van der Waals surface area contributed by atoms with Crippen LogP contribution in [0, 0.1) is 18.3 Å². The third-order valence-electron chi connectivity index (χ3n) is 7.58. The second kappa shape index (κ2) is 12.7. The Kier molecular flexibility index (Phi) is 8.67. The number of carbonyl (C=O) groups is 2. The van der Waals surface area contributed by atoms with Gasteiger partial charge in [0.1, 0.15) is 11.9 Å². The molecule has 2 aromatic carbocycles. The van der Waals surface area contributed by atoms with E-state index in [-0.39, 0.29) is 35.3 Å². The first kappa shape index (κ1) is 27.3. The molecule has 1 aromatic heterocycles. The normalized spacial score (nSPS) is 16.8. The molecule has 2 saturated heterocycles. The van der Waals surface area contributed by atoms with Crippen molar-refractivity contribution in [3.05, 3.63) is 88.7 Å². The summed E-state index contributed by atoms with van der Waals surface area (Å²) in [5, 5.41) is 20.1. The van der Waals surface area contributed by atoms with E-state index >= 15 is 0 Å². The van der Waals surface area contributed by atoms with E-state index in [2.05, 4.69) is 26.5 Å². The van der Waals surface area contributed by atoms with Crippen LogP contribution in [0.2, 0.25) is 0 Å². The molecule has 206 valence electrons. The van der Waals surface area contributed by atoms with Crippen molar-refractivity contribution in [3.63, 3.8) is 0 Å². The van der Waals surface area contributed by atoms with Crippen molar-refractivity contribution in [2.75, 3.05) is 26.2 Å². The molecule has 2 amide bonds. The summed E-state index contributed by atoms with van der Waals surface area (Å²) in [6.45, 7) is 5.78. The van der Waals surface area contributed by atoms with E-state index in [1.54, 1.807) is 17.0 Å². The van der Waals surface area contributed by atoms with Crippen LogP contribution < -0.4 is 10.1 Å². The van der Waals surface area contributed by atoms with Crippen molar-refractivity contribution in [3.8, 4) is 11.8 Å². The summed E-state index contributed by atoms with van der Waals surface area (Å²) in [5.74, 6) is 0.401. The van der Waals surface area contributed by atoms with E-state index in [1.165, 1.54) is 11.1 Å². The highest BCUT2D eigenvalue weighted by molar-refractivity contribution is 5.95. The molecule has 0 saturated carbocycles. The predicted molar refractivity (Wildman–Crippen MR) is 150 cm³/mol. The molecule has 0 bridgehead atoms. The van der Waals surface area contributed by atoms with Crippen molar-refractivity contribution in [1.82, 2.24) is 25.3 Å². The van der Waals surface area contributed by atoms with Gasteiger partial charge in [-0.2, -0.15) is 5.26 Å². The van der Waals surface area contributed by atoms with Crippen LogP contribution in [-0.2, 0) is 6.54 Å². The molecule has 9 nitrogen and oxygen atoms in total. The standard InChI is InChI=1S/C31H34N6O3/c1-22-2-8-26(9-3-22)40-27-14-18-37(19-15-27)31(39)29-11-10-28(34-35-29)30(38)33-25-12-16-36(17-13-25)21-24-6-4-23(20-32)5-7-24/h2-11,25,27H,12-19,21H2,1H3,(H,33,38). The lowest BCUT2D eigenvalue weighted by Crippen LogP contribution is -2.44. The monoisotopic (exact) mass is 538 g/mol. The third kappa shape index (κ3) is 7.01. The highest BCUT2D eigenvalue weighted by atomic mass is 16.5. The third-order valence-corrected chi connectivity index (χ3v) is 7.58. The van der Waals surface area contributed by atoms with Crippen molar-refractivity contribution in [2.24, 2.45) is 0 Å². The van der Waals surface area contributed by atoms with Crippen LogP contribution in [0.15, 0.2) is 60.7 Å². The Balaban J connectivity index is 1.05. The van der Waals surface area contributed by atoms with Crippen LogP contribution in [0.3, 0.4) is 0 Å². The van der Waals surface area contributed by atoms with Gasteiger partial charge in [-0.25, -0.2) is 0 Å².